The van der Waals surface area contributed by atoms with Crippen molar-refractivity contribution in [3.8, 4) is 11.3 Å². The van der Waals surface area contributed by atoms with Crippen LogP contribution in [0.5, 0.6) is 0 Å². The normalized spacial score (nSPS) is 10.6. The van der Waals surface area contributed by atoms with Gasteiger partial charge in [-0.3, -0.25) is 4.79 Å². The number of carbonyl (C=O) groups excluding carboxylic acids is 1. The fraction of sp³-hybridized carbons (Fsp3) is 0.136. The van der Waals surface area contributed by atoms with Crippen molar-refractivity contribution in [1.82, 2.24) is 4.98 Å². The summed E-state index contributed by atoms with van der Waals surface area (Å²) in [6.07, 6.45) is 0. The first-order valence-electron chi connectivity index (χ1n) is 8.66. The third-order valence-electron chi connectivity index (χ3n) is 4.57. The molecule has 1 heterocycles. The van der Waals surface area contributed by atoms with Gasteiger partial charge in [0.15, 0.2) is 0 Å². The molecule has 0 fully saturated rings. The van der Waals surface area contributed by atoms with E-state index in [0.717, 1.165) is 5.56 Å². The molecule has 1 aromatic heterocycles. The monoisotopic (exact) mass is 378 g/mol. The fourth-order valence-electron chi connectivity index (χ4n) is 3.01. The number of aromatic carboxylic acids is 1. The number of carbonyl (C=O) groups is 2. The molecule has 0 saturated heterocycles. The van der Waals surface area contributed by atoms with Gasteiger partial charge in [0.25, 0.3) is 5.91 Å². The Kier molecular flexibility index (Phi) is 5.22. The Labute approximate surface area is 161 Å². The number of aryl methyl sites for hydroxylation is 2. The molecule has 0 saturated carbocycles. The Hall–Kier alpha value is -3.54. The van der Waals surface area contributed by atoms with E-state index in [1.165, 1.54) is 18.2 Å². The van der Waals surface area contributed by atoms with E-state index in [-0.39, 0.29) is 17.1 Å². The largest absolute Gasteiger partial charge is 0.478 e. The lowest BCUT2D eigenvalue weighted by Crippen LogP contribution is -2.18. The van der Waals surface area contributed by atoms with Gasteiger partial charge in [-0.2, -0.15) is 0 Å². The second-order valence-corrected chi connectivity index (χ2v) is 6.56. The van der Waals surface area contributed by atoms with E-state index < -0.39 is 11.9 Å². The van der Waals surface area contributed by atoms with Crippen molar-refractivity contribution in [2.24, 2.45) is 0 Å². The number of benzene rings is 2. The number of carboxylic acids is 1. The smallest absolute Gasteiger partial charge is 0.336 e. The van der Waals surface area contributed by atoms with Crippen LogP contribution in [0, 0.1) is 26.6 Å². The molecule has 3 rings (SSSR count). The number of hydrogen-bond donors (Lipinski definition) is 2. The minimum Gasteiger partial charge on any atom is -0.478 e. The molecule has 2 aromatic carbocycles. The number of carboxylic acid groups (broad SMARTS) is 1. The summed E-state index contributed by atoms with van der Waals surface area (Å²) in [6.45, 7) is 5.19. The number of halogens is 1. The number of nitrogens with zero attached hydrogens (tertiary/aromatic N) is 1. The van der Waals surface area contributed by atoms with Crippen LogP contribution < -0.4 is 5.32 Å². The average molecular weight is 378 g/mol. The van der Waals surface area contributed by atoms with Crippen LogP contribution in [0.15, 0.2) is 48.5 Å². The minimum atomic E-state index is -1.06. The van der Waals surface area contributed by atoms with E-state index in [1.807, 2.05) is 0 Å². The van der Waals surface area contributed by atoms with Crippen LogP contribution in [0.3, 0.4) is 0 Å². The SMILES string of the molecule is Cc1ccc(-c2cccc(F)c2)nc1C(=O)Nc1c(C)ccc(C(=O)O)c1C. The van der Waals surface area contributed by atoms with Gasteiger partial charge in [0.1, 0.15) is 11.5 Å². The van der Waals surface area contributed by atoms with Crippen molar-refractivity contribution >= 4 is 17.6 Å². The second kappa shape index (κ2) is 7.60. The molecule has 5 nitrogen and oxygen atoms in total. The molecule has 142 valence electrons. The van der Waals surface area contributed by atoms with Crippen LogP contribution in [0.4, 0.5) is 10.1 Å². The van der Waals surface area contributed by atoms with Crippen molar-refractivity contribution < 1.29 is 19.1 Å². The van der Waals surface area contributed by atoms with Gasteiger partial charge in [-0.15, -0.1) is 0 Å². The van der Waals surface area contributed by atoms with Gasteiger partial charge < -0.3 is 10.4 Å². The number of hydrogen-bond acceptors (Lipinski definition) is 3. The van der Waals surface area contributed by atoms with Crippen LogP contribution in [0.1, 0.15) is 37.5 Å². The van der Waals surface area contributed by atoms with Gasteiger partial charge in [-0.25, -0.2) is 14.2 Å². The Morgan fingerprint density at radius 3 is 2.39 bits per heavy atom. The quantitative estimate of drug-likeness (QED) is 0.686. The fourth-order valence-corrected chi connectivity index (χ4v) is 3.01. The molecule has 2 N–H and O–H groups in total. The van der Waals surface area contributed by atoms with E-state index in [9.17, 15) is 19.1 Å². The molecule has 28 heavy (non-hydrogen) atoms. The van der Waals surface area contributed by atoms with Gasteiger partial charge >= 0.3 is 5.97 Å². The van der Waals surface area contributed by atoms with Crippen LogP contribution in [0.2, 0.25) is 0 Å². The standard InChI is InChI=1S/C22H19FN2O3/c1-12-7-9-17(22(27)28)14(3)19(12)25-21(26)20-13(2)8-10-18(24-20)15-5-4-6-16(23)11-15/h4-11H,1-3H3,(H,25,26)(H,27,28). The van der Waals surface area contributed by atoms with Gasteiger partial charge in [-0.05, 0) is 61.7 Å². The van der Waals surface area contributed by atoms with Crippen LogP contribution >= 0.6 is 0 Å². The number of pyridine rings is 1. The molecule has 3 aromatic rings. The summed E-state index contributed by atoms with van der Waals surface area (Å²) < 4.78 is 13.5. The zero-order chi connectivity index (χ0) is 20.4. The van der Waals surface area contributed by atoms with Crippen molar-refractivity contribution in [3.05, 3.63) is 82.3 Å². The van der Waals surface area contributed by atoms with Crippen molar-refractivity contribution in [1.29, 1.82) is 0 Å². The van der Waals surface area contributed by atoms with Crippen molar-refractivity contribution in [2.45, 2.75) is 20.8 Å². The van der Waals surface area contributed by atoms with E-state index in [0.29, 0.717) is 28.1 Å². The third-order valence-corrected chi connectivity index (χ3v) is 4.57. The number of aromatic nitrogens is 1. The van der Waals surface area contributed by atoms with Gasteiger partial charge in [0.2, 0.25) is 0 Å². The van der Waals surface area contributed by atoms with Crippen molar-refractivity contribution in [3.63, 3.8) is 0 Å². The van der Waals surface area contributed by atoms with Crippen molar-refractivity contribution in [2.75, 3.05) is 5.32 Å². The number of anilines is 1. The number of rotatable bonds is 4. The summed E-state index contributed by atoms with van der Waals surface area (Å²) in [5.41, 5.74) is 3.68. The van der Waals surface area contributed by atoms with Crippen LogP contribution in [-0.4, -0.2) is 22.0 Å². The summed E-state index contributed by atoms with van der Waals surface area (Å²) in [6, 6.07) is 12.6. The molecule has 0 spiro atoms. The highest BCUT2D eigenvalue weighted by molar-refractivity contribution is 6.06. The third kappa shape index (κ3) is 3.76. The minimum absolute atomic E-state index is 0.124. The lowest BCUT2D eigenvalue weighted by Gasteiger charge is -2.15. The van der Waals surface area contributed by atoms with Gasteiger partial charge in [0, 0.05) is 11.3 Å². The topological polar surface area (TPSA) is 79.3 Å². The molecular weight excluding hydrogens is 359 g/mol. The maximum absolute atomic E-state index is 13.5. The maximum Gasteiger partial charge on any atom is 0.336 e. The lowest BCUT2D eigenvalue weighted by molar-refractivity contribution is 0.0695. The zero-order valence-electron chi connectivity index (χ0n) is 15.7. The first kappa shape index (κ1) is 19.2. The zero-order valence-corrected chi connectivity index (χ0v) is 15.7. The molecule has 0 bridgehead atoms. The highest BCUT2D eigenvalue weighted by atomic mass is 19.1. The van der Waals surface area contributed by atoms with Gasteiger partial charge in [0.05, 0.1) is 11.3 Å². The Bertz CT molecular complexity index is 1090. The maximum atomic E-state index is 13.5. The van der Waals surface area contributed by atoms with E-state index in [2.05, 4.69) is 10.3 Å². The highest BCUT2D eigenvalue weighted by Crippen LogP contribution is 2.25. The molecule has 0 unspecified atom stereocenters. The molecule has 1 amide bonds. The second-order valence-electron chi connectivity index (χ2n) is 6.56. The van der Waals surface area contributed by atoms with E-state index in [1.54, 1.807) is 51.1 Å². The van der Waals surface area contributed by atoms with E-state index >= 15 is 0 Å². The highest BCUT2D eigenvalue weighted by Gasteiger charge is 2.18. The Balaban J connectivity index is 1.99. The van der Waals surface area contributed by atoms with Gasteiger partial charge in [-0.1, -0.05) is 24.3 Å². The average Bonchev–Trinajstić information content (AvgIpc) is 2.65. The first-order valence-corrected chi connectivity index (χ1v) is 8.66. The molecule has 0 radical (unpaired) electrons. The predicted octanol–water partition coefficient (Wildman–Crippen LogP) is 4.76. The predicted molar refractivity (Wildman–Crippen MR) is 105 cm³/mol. The number of nitrogens with one attached hydrogen (secondary N) is 1. The summed E-state index contributed by atoms with van der Waals surface area (Å²) in [5, 5.41) is 12.1. The first-order chi connectivity index (χ1) is 13.3. The Morgan fingerprint density at radius 1 is 1.00 bits per heavy atom. The summed E-state index contributed by atoms with van der Waals surface area (Å²) in [5.74, 6) is -1.90. The molecule has 0 aliphatic carbocycles. The van der Waals surface area contributed by atoms with E-state index in [4.69, 9.17) is 0 Å². The summed E-state index contributed by atoms with van der Waals surface area (Å²) >= 11 is 0. The summed E-state index contributed by atoms with van der Waals surface area (Å²) in [4.78, 5) is 28.6. The number of amides is 1. The van der Waals surface area contributed by atoms with Crippen LogP contribution in [0.25, 0.3) is 11.3 Å². The molecular formula is C22H19FN2O3. The molecule has 6 heteroatoms. The summed E-state index contributed by atoms with van der Waals surface area (Å²) in [7, 11) is 0. The molecule has 0 aliphatic heterocycles. The Morgan fingerprint density at radius 2 is 1.71 bits per heavy atom. The molecule has 0 aliphatic rings. The molecule has 0 atom stereocenters. The van der Waals surface area contributed by atoms with Crippen LogP contribution in [-0.2, 0) is 0 Å². The lowest BCUT2D eigenvalue weighted by atomic mass is 10.0.